The highest BCUT2D eigenvalue weighted by Crippen LogP contribution is 2.25. The number of methoxy groups -OCH3 is 1. The van der Waals surface area contributed by atoms with Crippen LogP contribution < -0.4 is 16.8 Å². The molecule has 2 rings (SSSR count). The van der Waals surface area contributed by atoms with Crippen molar-refractivity contribution in [3.05, 3.63) is 47.7 Å². The minimum absolute atomic E-state index is 0.195. The third-order valence-electron chi connectivity index (χ3n) is 2.88. The predicted octanol–water partition coefficient (Wildman–Crippen LogP) is 1.65. The molecule has 1 aromatic heterocycles. The smallest absolute Gasteiger partial charge is 0.338 e. The first kappa shape index (κ1) is 13.8. The van der Waals surface area contributed by atoms with Gasteiger partial charge in [0, 0.05) is 24.0 Å². The van der Waals surface area contributed by atoms with Crippen LogP contribution in [0.4, 0.5) is 17.2 Å². The van der Waals surface area contributed by atoms with Crippen molar-refractivity contribution in [3.8, 4) is 0 Å². The molecule has 0 unspecified atom stereocenters. The van der Waals surface area contributed by atoms with Gasteiger partial charge in [0.25, 0.3) is 0 Å². The van der Waals surface area contributed by atoms with Crippen LogP contribution in [-0.4, -0.2) is 18.1 Å². The number of hydrogen-bond donors (Lipinski definition) is 3. The number of nitrogens with zero attached hydrogens (tertiary/aromatic N) is 1. The number of nitrogen functional groups attached to an aromatic ring is 1. The number of benzene rings is 1. The SMILES string of the molecule is COC(=O)c1cccc(Nc2ncccc2N)c1CN. The highest BCUT2D eigenvalue weighted by molar-refractivity contribution is 5.93. The first-order chi connectivity index (χ1) is 9.67. The molecule has 0 aliphatic carbocycles. The monoisotopic (exact) mass is 272 g/mol. The molecule has 6 nitrogen and oxygen atoms in total. The van der Waals surface area contributed by atoms with Gasteiger partial charge in [-0.3, -0.25) is 0 Å². The second kappa shape index (κ2) is 6.03. The first-order valence-electron chi connectivity index (χ1n) is 6.05. The standard InChI is InChI=1S/C14H16N4O2/c1-20-14(19)9-4-2-6-12(10(9)8-15)18-13-11(16)5-3-7-17-13/h2-7H,8,15-16H2,1H3,(H,17,18). The summed E-state index contributed by atoms with van der Waals surface area (Å²) in [6.07, 6.45) is 1.63. The Hall–Kier alpha value is -2.60. The number of nitrogens with two attached hydrogens (primary N) is 2. The van der Waals surface area contributed by atoms with Gasteiger partial charge in [-0.1, -0.05) is 6.07 Å². The molecular weight excluding hydrogens is 256 g/mol. The summed E-state index contributed by atoms with van der Waals surface area (Å²) in [5, 5.41) is 3.09. The molecule has 0 amide bonds. The lowest BCUT2D eigenvalue weighted by Gasteiger charge is -2.14. The molecule has 6 heteroatoms. The zero-order chi connectivity index (χ0) is 14.5. The molecule has 2 aromatic rings. The van der Waals surface area contributed by atoms with Crippen molar-refractivity contribution in [1.82, 2.24) is 4.98 Å². The van der Waals surface area contributed by atoms with Gasteiger partial charge in [-0.15, -0.1) is 0 Å². The van der Waals surface area contributed by atoms with Crippen molar-refractivity contribution in [1.29, 1.82) is 0 Å². The van der Waals surface area contributed by atoms with E-state index in [1.165, 1.54) is 7.11 Å². The highest BCUT2D eigenvalue weighted by atomic mass is 16.5. The third-order valence-corrected chi connectivity index (χ3v) is 2.88. The van der Waals surface area contributed by atoms with Gasteiger partial charge in [0.2, 0.25) is 0 Å². The van der Waals surface area contributed by atoms with Gasteiger partial charge in [-0.05, 0) is 24.3 Å². The van der Waals surface area contributed by atoms with Gasteiger partial charge in [-0.2, -0.15) is 0 Å². The molecule has 5 N–H and O–H groups in total. The largest absolute Gasteiger partial charge is 0.465 e. The minimum atomic E-state index is -0.428. The van der Waals surface area contributed by atoms with Crippen molar-refractivity contribution in [2.45, 2.75) is 6.54 Å². The van der Waals surface area contributed by atoms with E-state index in [4.69, 9.17) is 16.2 Å². The maximum absolute atomic E-state index is 11.7. The molecule has 0 fully saturated rings. The fourth-order valence-corrected chi connectivity index (χ4v) is 1.87. The van der Waals surface area contributed by atoms with Crippen LogP contribution in [0.3, 0.4) is 0 Å². The fraction of sp³-hybridized carbons (Fsp3) is 0.143. The van der Waals surface area contributed by atoms with Crippen LogP contribution in [0.1, 0.15) is 15.9 Å². The lowest BCUT2D eigenvalue weighted by molar-refractivity contribution is 0.0599. The van der Waals surface area contributed by atoms with Crippen LogP contribution in [0.15, 0.2) is 36.5 Å². The van der Waals surface area contributed by atoms with E-state index in [1.807, 2.05) is 6.07 Å². The summed E-state index contributed by atoms with van der Waals surface area (Å²) < 4.78 is 4.75. The van der Waals surface area contributed by atoms with E-state index in [0.29, 0.717) is 28.3 Å². The highest BCUT2D eigenvalue weighted by Gasteiger charge is 2.14. The Balaban J connectivity index is 2.42. The number of carbonyl (C=O) groups is 1. The summed E-state index contributed by atoms with van der Waals surface area (Å²) in [6, 6.07) is 8.70. The van der Waals surface area contributed by atoms with Crippen LogP contribution in [0, 0.1) is 0 Å². The van der Waals surface area contributed by atoms with Crippen LogP contribution >= 0.6 is 0 Å². The van der Waals surface area contributed by atoms with Gasteiger partial charge >= 0.3 is 5.97 Å². The van der Waals surface area contributed by atoms with E-state index in [0.717, 1.165) is 0 Å². The van der Waals surface area contributed by atoms with Crippen molar-refractivity contribution in [2.75, 3.05) is 18.2 Å². The molecule has 0 atom stereocenters. The van der Waals surface area contributed by atoms with Gasteiger partial charge in [-0.25, -0.2) is 9.78 Å². The molecule has 0 bridgehead atoms. The summed E-state index contributed by atoms with van der Waals surface area (Å²) in [5.41, 5.74) is 13.8. The number of rotatable bonds is 4. The van der Waals surface area contributed by atoms with Gasteiger partial charge in [0.05, 0.1) is 18.4 Å². The second-order valence-electron chi connectivity index (χ2n) is 4.09. The summed E-state index contributed by atoms with van der Waals surface area (Å²) in [4.78, 5) is 15.9. The average Bonchev–Trinajstić information content (AvgIpc) is 2.48. The Labute approximate surface area is 116 Å². The fourth-order valence-electron chi connectivity index (χ4n) is 1.87. The normalized spacial score (nSPS) is 10.1. The molecule has 0 aliphatic heterocycles. The van der Waals surface area contributed by atoms with Crippen molar-refractivity contribution < 1.29 is 9.53 Å². The predicted molar refractivity (Wildman–Crippen MR) is 77.6 cm³/mol. The molecule has 1 heterocycles. The number of hydrogen-bond acceptors (Lipinski definition) is 6. The van der Waals surface area contributed by atoms with Gasteiger partial charge < -0.3 is 21.5 Å². The molecule has 1 aromatic carbocycles. The first-order valence-corrected chi connectivity index (χ1v) is 6.05. The number of anilines is 3. The van der Waals surface area contributed by atoms with E-state index >= 15 is 0 Å². The quantitative estimate of drug-likeness (QED) is 0.731. The zero-order valence-corrected chi connectivity index (χ0v) is 11.1. The Bertz CT molecular complexity index is 628. The molecule has 0 aliphatic rings. The molecule has 0 spiro atoms. The summed E-state index contributed by atoms with van der Waals surface area (Å²) in [6.45, 7) is 0.195. The third kappa shape index (κ3) is 2.70. The number of aromatic nitrogens is 1. The number of nitrogens with one attached hydrogen (secondary N) is 1. The van der Waals surface area contributed by atoms with E-state index in [1.54, 1.807) is 30.5 Å². The van der Waals surface area contributed by atoms with E-state index in [-0.39, 0.29) is 6.54 Å². The van der Waals surface area contributed by atoms with E-state index < -0.39 is 5.97 Å². The molecule has 104 valence electrons. The topological polar surface area (TPSA) is 103 Å². The van der Waals surface area contributed by atoms with Crippen LogP contribution in [0.25, 0.3) is 0 Å². The maximum Gasteiger partial charge on any atom is 0.338 e. The van der Waals surface area contributed by atoms with E-state index in [9.17, 15) is 4.79 Å². The lowest BCUT2D eigenvalue weighted by atomic mass is 10.1. The second-order valence-corrected chi connectivity index (χ2v) is 4.09. The molecule has 0 saturated carbocycles. The number of pyridine rings is 1. The van der Waals surface area contributed by atoms with Crippen LogP contribution in [0.2, 0.25) is 0 Å². The van der Waals surface area contributed by atoms with Crippen molar-refractivity contribution in [2.24, 2.45) is 5.73 Å². The summed E-state index contributed by atoms with van der Waals surface area (Å²) in [7, 11) is 1.33. The Morgan fingerprint density at radius 1 is 1.35 bits per heavy atom. The maximum atomic E-state index is 11.7. The Morgan fingerprint density at radius 2 is 2.15 bits per heavy atom. The van der Waals surface area contributed by atoms with Crippen molar-refractivity contribution >= 4 is 23.2 Å². The molecule has 0 radical (unpaired) electrons. The van der Waals surface area contributed by atoms with E-state index in [2.05, 4.69) is 10.3 Å². The van der Waals surface area contributed by atoms with Crippen LogP contribution in [-0.2, 0) is 11.3 Å². The molecule has 0 saturated heterocycles. The number of esters is 1. The summed E-state index contributed by atoms with van der Waals surface area (Å²) in [5.74, 6) is 0.0901. The zero-order valence-electron chi connectivity index (χ0n) is 11.1. The Kier molecular flexibility index (Phi) is 4.17. The Morgan fingerprint density at radius 3 is 2.80 bits per heavy atom. The minimum Gasteiger partial charge on any atom is -0.465 e. The van der Waals surface area contributed by atoms with Crippen LogP contribution in [0.5, 0.6) is 0 Å². The van der Waals surface area contributed by atoms with Crippen molar-refractivity contribution in [3.63, 3.8) is 0 Å². The lowest BCUT2D eigenvalue weighted by Crippen LogP contribution is -2.12. The molecular formula is C14H16N4O2. The average molecular weight is 272 g/mol. The number of ether oxygens (including phenoxy) is 1. The van der Waals surface area contributed by atoms with Gasteiger partial charge in [0.1, 0.15) is 0 Å². The van der Waals surface area contributed by atoms with Gasteiger partial charge in [0.15, 0.2) is 5.82 Å². The molecule has 20 heavy (non-hydrogen) atoms. The number of carbonyl (C=O) groups excluding carboxylic acids is 1. The summed E-state index contributed by atoms with van der Waals surface area (Å²) >= 11 is 0.